The predicted molar refractivity (Wildman–Crippen MR) is 75.2 cm³/mol. The quantitative estimate of drug-likeness (QED) is 0.837. The molecule has 1 aromatic carbocycles. The molecule has 3 heteroatoms. The molecule has 0 fully saturated rings. The standard InChI is InChI=1S/C15H25FN2/c1-12-8-13(6-7-14(12)16)9-17-10-15(2,3)11-18(4)5/h6-8,17H,9-11H2,1-5H3. The molecule has 0 atom stereocenters. The fourth-order valence-corrected chi connectivity index (χ4v) is 2.27. The van der Waals surface area contributed by atoms with E-state index in [0.717, 1.165) is 25.2 Å². The number of aryl methyl sites for hydroxylation is 1. The highest BCUT2D eigenvalue weighted by atomic mass is 19.1. The second-order valence-electron chi connectivity index (χ2n) is 6.09. The van der Waals surface area contributed by atoms with Crippen molar-refractivity contribution in [3.63, 3.8) is 0 Å². The molecule has 1 rings (SSSR count). The van der Waals surface area contributed by atoms with Gasteiger partial charge in [0.1, 0.15) is 5.82 Å². The minimum atomic E-state index is -0.133. The zero-order valence-electron chi connectivity index (χ0n) is 12.2. The monoisotopic (exact) mass is 252 g/mol. The Hall–Kier alpha value is -0.930. The third-order valence-electron chi connectivity index (χ3n) is 2.90. The van der Waals surface area contributed by atoms with Gasteiger partial charge in [-0.3, -0.25) is 0 Å². The van der Waals surface area contributed by atoms with E-state index in [-0.39, 0.29) is 11.2 Å². The molecule has 1 aromatic rings. The second-order valence-corrected chi connectivity index (χ2v) is 6.09. The Kier molecular flexibility index (Phi) is 5.29. The molecule has 0 aliphatic carbocycles. The van der Waals surface area contributed by atoms with Gasteiger partial charge < -0.3 is 10.2 Å². The molecule has 0 bridgehead atoms. The van der Waals surface area contributed by atoms with Crippen LogP contribution in [-0.4, -0.2) is 32.1 Å². The Bertz CT molecular complexity index is 386. The summed E-state index contributed by atoms with van der Waals surface area (Å²) < 4.78 is 13.1. The van der Waals surface area contributed by atoms with Crippen LogP contribution in [0.1, 0.15) is 25.0 Å². The maximum Gasteiger partial charge on any atom is 0.126 e. The van der Waals surface area contributed by atoms with Gasteiger partial charge >= 0.3 is 0 Å². The molecule has 0 radical (unpaired) electrons. The van der Waals surface area contributed by atoms with Crippen LogP contribution in [-0.2, 0) is 6.54 Å². The first-order valence-corrected chi connectivity index (χ1v) is 6.41. The number of benzene rings is 1. The van der Waals surface area contributed by atoms with Crippen LogP contribution >= 0.6 is 0 Å². The summed E-state index contributed by atoms with van der Waals surface area (Å²) in [6.45, 7) is 9.07. The lowest BCUT2D eigenvalue weighted by Gasteiger charge is -2.28. The SMILES string of the molecule is Cc1cc(CNCC(C)(C)CN(C)C)ccc1F. The minimum Gasteiger partial charge on any atom is -0.312 e. The number of nitrogens with zero attached hydrogens (tertiary/aromatic N) is 1. The fraction of sp³-hybridized carbons (Fsp3) is 0.600. The van der Waals surface area contributed by atoms with E-state index < -0.39 is 0 Å². The third-order valence-corrected chi connectivity index (χ3v) is 2.90. The molecule has 0 heterocycles. The zero-order valence-corrected chi connectivity index (χ0v) is 12.2. The van der Waals surface area contributed by atoms with E-state index in [1.807, 2.05) is 12.1 Å². The van der Waals surface area contributed by atoms with Gasteiger partial charge in [0.25, 0.3) is 0 Å². The Morgan fingerprint density at radius 2 is 1.94 bits per heavy atom. The summed E-state index contributed by atoms with van der Waals surface area (Å²) >= 11 is 0. The van der Waals surface area contributed by atoms with E-state index in [0.29, 0.717) is 5.56 Å². The second kappa shape index (κ2) is 6.30. The lowest BCUT2D eigenvalue weighted by Crippen LogP contribution is -2.37. The highest BCUT2D eigenvalue weighted by molar-refractivity contribution is 5.23. The van der Waals surface area contributed by atoms with Crippen molar-refractivity contribution in [1.82, 2.24) is 10.2 Å². The summed E-state index contributed by atoms with van der Waals surface area (Å²) in [7, 11) is 4.18. The van der Waals surface area contributed by atoms with E-state index in [9.17, 15) is 4.39 Å². The molecule has 102 valence electrons. The van der Waals surface area contributed by atoms with Crippen molar-refractivity contribution in [1.29, 1.82) is 0 Å². The molecule has 0 saturated heterocycles. The molecule has 1 N–H and O–H groups in total. The first kappa shape index (κ1) is 15.1. The number of halogens is 1. The number of hydrogen-bond acceptors (Lipinski definition) is 2. The van der Waals surface area contributed by atoms with Crippen molar-refractivity contribution in [3.05, 3.63) is 35.1 Å². The molecule has 0 amide bonds. The maximum atomic E-state index is 13.1. The molecular formula is C15H25FN2. The van der Waals surface area contributed by atoms with Crippen LogP contribution in [0, 0.1) is 18.2 Å². The molecule has 0 aromatic heterocycles. The molecular weight excluding hydrogens is 227 g/mol. The number of hydrogen-bond donors (Lipinski definition) is 1. The lowest BCUT2D eigenvalue weighted by molar-refractivity contribution is 0.232. The molecule has 0 unspecified atom stereocenters. The predicted octanol–water partition coefficient (Wildman–Crippen LogP) is 2.81. The van der Waals surface area contributed by atoms with Crippen LogP contribution in [0.15, 0.2) is 18.2 Å². The minimum absolute atomic E-state index is 0.133. The van der Waals surface area contributed by atoms with Crippen LogP contribution in [0.5, 0.6) is 0 Å². The summed E-state index contributed by atoms with van der Waals surface area (Å²) in [5, 5.41) is 3.44. The van der Waals surface area contributed by atoms with Gasteiger partial charge in [0, 0.05) is 19.6 Å². The van der Waals surface area contributed by atoms with Gasteiger partial charge in [0.2, 0.25) is 0 Å². The Morgan fingerprint density at radius 1 is 1.28 bits per heavy atom. The van der Waals surface area contributed by atoms with Crippen LogP contribution in [0.4, 0.5) is 4.39 Å². The fourth-order valence-electron chi connectivity index (χ4n) is 2.27. The van der Waals surface area contributed by atoms with E-state index in [2.05, 4.69) is 38.2 Å². The average Bonchev–Trinajstić information content (AvgIpc) is 2.21. The maximum absolute atomic E-state index is 13.1. The molecule has 0 aliphatic rings. The van der Waals surface area contributed by atoms with Gasteiger partial charge in [-0.05, 0) is 43.6 Å². The normalized spacial score (nSPS) is 12.2. The van der Waals surface area contributed by atoms with Crippen LogP contribution in [0.2, 0.25) is 0 Å². The van der Waals surface area contributed by atoms with E-state index in [1.165, 1.54) is 6.07 Å². The number of nitrogens with one attached hydrogen (secondary N) is 1. The topological polar surface area (TPSA) is 15.3 Å². The van der Waals surface area contributed by atoms with Crippen LogP contribution < -0.4 is 5.32 Å². The van der Waals surface area contributed by atoms with Gasteiger partial charge in [-0.15, -0.1) is 0 Å². The molecule has 0 saturated carbocycles. The smallest absolute Gasteiger partial charge is 0.126 e. The van der Waals surface area contributed by atoms with Gasteiger partial charge in [0.05, 0.1) is 0 Å². The van der Waals surface area contributed by atoms with Gasteiger partial charge in [-0.2, -0.15) is 0 Å². The largest absolute Gasteiger partial charge is 0.312 e. The first-order valence-electron chi connectivity index (χ1n) is 6.41. The number of rotatable bonds is 6. The van der Waals surface area contributed by atoms with E-state index >= 15 is 0 Å². The first-order chi connectivity index (χ1) is 8.30. The molecule has 2 nitrogen and oxygen atoms in total. The van der Waals surface area contributed by atoms with Crippen molar-refractivity contribution in [3.8, 4) is 0 Å². The molecule has 0 aliphatic heterocycles. The average molecular weight is 252 g/mol. The van der Waals surface area contributed by atoms with E-state index in [1.54, 1.807) is 6.92 Å². The van der Waals surface area contributed by atoms with Crippen LogP contribution in [0.25, 0.3) is 0 Å². The lowest BCUT2D eigenvalue weighted by atomic mass is 9.93. The zero-order chi connectivity index (χ0) is 13.8. The summed E-state index contributed by atoms with van der Waals surface area (Å²) in [4.78, 5) is 2.20. The highest BCUT2D eigenvalue weighted by Gasteiger charge is 2.18. The summed E-state index contributed by atoms with van der Waals surface area (Å²) in [5.41, 5.74) is 2.08. The van der Waals surface area contributed by atoms with Gasteiger partial charge in [0.15, 0.2) is 0 Å². The van der Waals surface area contributed by atoms with Crippen molar-refractivity contribution in [2.75, 3.05) is 27.2 Å². The Morgan fingerprint density at radius 3 is 2.50 bits per heavy atom. The Balaban J connectivity index is 2.43. The van der Waals surface area contributed by atoms with Crippen molar-refractivity contribution >= 4 is 0 Å². The summed E-state index contributed by atoms with van der Waals surface area (Å²) in [5.74, 6) is -0.133. The van der Waals surface area contributed by atoms with Gasteiger partial charge in [-0.25, -0.2) is 4.39 Å². The van der Waals surface area contributed by atoms with Crippen molar-refractivity contribution in [2.24, 2.45) is 5.41 Å². The van der Waals surface area contributed by atoms with Gasteiger partial charge in [-0.1, -0.05) is 26.0 Å². The molecule has 18 heavy (non-hydrogen) atoms. The van der Waals surface area contributed by atoms with Crippen molar-refractivity contribution in [2.45, 2.75) is 27.3 Å². The van der Waals surface area contributed by atoms with Crippen LogP contribution in [0.3, 0.4) is 0 Å². The van der Waals surface area contributed by atoms with Crippen molar-refractivity contribution < 1.29 is 4.39 Å². The Labute approximate surface area is 110 Å². The van der Waals surface area contributed by atoms with E-state index in [4.69, 9.17) is 0 Å². The summed E-state index contributed by atoms with van der Waals surface area (Å²) in [6, 6.07) is 5.28. The molecule has 0 spiro atoms. The third kappa shape index (κ3) is 5.15. The highest BCUT2D eigenvalue weighted by Crippen LogP contribution is 2.15. The summed E-state index contributed by atoms with van der Waals surface area (Å²) in [6.07, 6.45) is 0.